The van der Waals surface area contributed by atoms with Crippen LogP contribution in [0, 0.1) is 0 Å². The maximum Gasteiger partial charge on any atom is 0.330 e. The van der Waals surface area contributed by atoms with Crippen LogP contribution in [-0.2, 0) is 14.3 Å². The van der Waals surface area contributed by atoms with Gasteiger partial charge in [0, 0.05) is 12.5 Å². The maximum atomic E-state index is 11.0. The Balaban J connectivity index is 3.77. The van der Waals surface area contributed by atoms with Gasteiger partial charge >= 0.3 is 11.9 Å². The first-order valence-electron chi connectivity index (χ1n) is 5.70. The molecular formula is C12H22NO4+. The summed E-state index contributed by atoms with van der Waals surface area (Å²) in [4.78, 5) is 21.4. The number of carbonyl (C=O) groups excluding carboxylic acids is 1. The molecule has 0 aromatic carbocycles. The van der Waals surface area contributed by atoms with Crippen molar-refractivity contribution in [2.75, 3.05) is 33.8 Å². The van der Waals surface area contributed by atoms with Gasteiger partial charge in [0.15, 0.2) is 0 Å². The number of nitrogens with zero attached hydrogens (tertiary/aromatic N) is 1. The average molecular weight is 244 g/mol. The number of carbonyl (C=O) groups is 2. The zero-order chi connectivity index (χ0) is 13.3. The lowest BCUT2D eigenvalue weighted by Gasteiger charge is -2.29. The van der Waals surface area contributed by atoms with Gasteiger partial charge in [-0.15, -0.1) is 0 Å². The van der Waals surface area contributed by atoms with Crippen molar-refractivity contribution in [2.24, 2.45) is 0 Å². The molecule has 98 valence electrons. The van der Waals surface area contributed by atoms with Crippen molar-refractivity contribution >= 4 is 11.9 Å². The number of hydrogen-bond donors (Lipinski definition) is 1. The molecule has 0 aliphatic carbocycles. The predicted octanol–water partition coefficient (Wildman–Crippen LogP) is 1.05. The second kappa shape index (κ2) is 7.84. The van der Waals surface area contributed by atoms with E-state index in [9.17, 15) is 9.59 Å². The van der Waals surface area contributed by atoms with Gasteiger partial charge in [0.2, 0.25) is 0 Å². The van der Waals surface area contributed by atoms with Crippen molar-refractivity contribution in [3.8, 4) is 0 Å². The Bertz CT molecular complexity index is 284. The Morgan fingerprint density at radius 2 is 1.94 bits per heavy atom. The lowest BCUT2D eigenvalue weighted by molar-refractivity contribution is -0.890. The summed E-state index contributed by atoms with van der Waals surface area (Å²) in [7, 11) is 3.98. The van der Waals surface area contributed by atoms with Gasteiger partial charge in [0.05, 0.1) is 27.1 Å². The molecule has 0 saturated heterocycles. The molecule has 0 radical (unpaired) electrons. The van der Waals surface area contributed by atoms with Crippen LogP contribution < -0.4 is 0 Å². The minimum absolute atomic E-state index is 0.181. The number of esters is 1. The van der Waals surface area contributed by atoms with Gasteiger partial charge in [-0.1, -0.05) is 6.08 Å². The van der Waals surface area contributed by atoms with Gasteiger partial charge in [-0.25, -0.2) is 4.79 Å². The van der Waals surface area contributed by atoms with Crippen LogP contribution in [0.3, 0.4) is 0 Å². The topological polar surface area (TPSA) is 63.6 Å². The summed E-state index contributed by atoms with van der Waals surface area (Å²) in [6, 6.07) is 0. The highest BCUT2D eigenvalue weighted by molar-refractivity contribution is 5.81. The Kier molecular flexibility index (Phi) is 7.21. The van der Waals surface area contributed by atoms with Crippen LogP contribution in [0.5, 0.6) is 0 Å². The number of allylic oxidation sites excluding steroid dienone is 1. The number of likely N-dealkylation sites (N-methyl/N-ethyl adjacent to an activating group) is 1. The third-order valence-corrected chi connectivity index (χ3v) is 2.40. The molecule has 5 nitrogen and oxygen atoms in total. The molecule has 0 rings (SSSR count). The normalized spacial score (nSPS) is 11.7. The van der Waals surface area contributed by atoms with Crippen molar-refractivity contribution in [3.05, 3.63) is 12.2 Å². The monoisotopic (exact) mass is 244 g/mol. The van der Waals surface area contributed by atoms with Crippen molar-refractivity contribution in [1.82, 2.24) is 0 Å². The Hall–Kier alpha value is -1.36. The molecule has 0 fully saturated rings. The first-order chi connectivity index (χ1) is 7.87. The van der Waals surface area contributed by atoms with Crippen LogP contribution in [0.4, 0.5) is 0 Å². The van der Waals surface area contributed by atoms with E-state index in [-0.39, 0.29) is 12.4 Å². The molecule has 0 heterocycles. The van der Waals surface area contributed by atoms with E-state index in [2.05, 4.69) is 0 Å². The highest BCUT2D eigenvalue weighted by atomic mass is 16.5. The minimum Gasteiger partial charge on any atom is -0.481 e. The number of ether oxygens (including phenoxy) is 1. The van der Waals surface area contributed by atoms with Crippen molar-refractivity contribution < 1.29 is 23.9 Å². The Labute approximate surface area is 102 Å². The quantitative estimate of drug-likeness (QED) is 0.394. The number of carboxylic acid groups (broad SMARTS) is 1. The summed E-state index contributed by atoms with van der Waals surface area (Å²) < 4.78 is 5.64. The van der Waals surface area contributed by atoms with Gasteiger partial charge in [-0.3, -0.25) is 4.79 Å². The molecule has 0 bridgehead atoms. The summed E-state index contributed by atoms with van der Waals surface area (Å²) in [5.41, 5.74) is 0. The molecule has 0 amide bonds. The molecule has 0 aliphatic heterocycles. The van der Waals surface area contributed by atoms with Crippen LogP contribution in [0.2, 0.25) is 0 Å². The third kappa shape index (κ3) is 9.56. The van der Waals surface area contributed by atoms with Gasteiger partial charge in [-0.05, 0) is 6.92 Å². The molecule has 0 aromatic rings. The van der Waals surface area contributed by atoms with Crippen molar-refractivity contribution in [2.45, 2.75) is 19.8 Å². The Morgan fingerprint density at radius 3 is 2.47 bits per heavy atom. The minimum atomic E-state index is -0.774. The Morgan fingerprint density at radius 1 is 1.29 bits per heavy atom. The zero-order valence-corrected chi connectivity index (χ0v) is 10.8. The fraction of sp³-hybridized carbons (Fsp3) is 0.667. The summed E-state index contributed by atoms with van der Waals surface area (Å²) in [5.74, 6) is -1.11. The van der Waals surface area contributed by atoms with Gasteiger partial charge in [0.1, 0.15) is 13.2 Å². The highest BCUT2D eigenvalue weighted by Crippen LogP contribution is 2.02. The van der Waals surface area contributed by atoms with Crippen LogP contribution in [0.15, 0.2) is 12.2 Å². The smallest absolute Gasteiger partial charge is 0.330 e. The average Bonchev–Trinajstić information content (AvgIpc) is 2.16. The largest absolute Gasteiger partial charge is 0.481 e. The summed E-state index contributed by atoms with van der Waals surface area (Å²) in [6.07, 6.45) is 3.82. The van der Waals surface area contributed by atoms with E-state index in [0.29, 0.717) is 24.1 Å². The van der Waals surface area contributed by atoms with Gasteiger partial charge in [-0.2, -0.15) is 0 Å². The summed E-state index contributed by atoms with van der Waals surface area (Å²) in [5, 5.41) is 8.53. The van der Waals surface area contributed by atoms with Gasteiger partial charge < -0.3 is 14.3 Å². The molecule has 0 spiro atoms. The molecule has 0 unspecified atom stereocenters. The lowest BCUT2D eigenvalue weighted by atomic mass is 10.3. The van der Waals surface area contributed by atoms with E-state index in [0.717, 1.165) is 6.54 Å². The first kappa shape index (κ1) is 15.6. The van der Waals surface area contributed by atoms with Crippen LogP contribution in [0.1, 0.15) is 19.8 Å². The van der Waals surface area contributed by atoms with E-state index >= 15 is 0 Å². The molecule has 0 atom stereocenters. The third-order valence-electron chi connectivity index (χ3n) is 2.40. The zero-order valence-electron chi connectivity index (χ0n) is 10.8. The van der Waals surface area contributed by atoms with E-state index in [1.165, 1.54) is 6.08 Å². The van der Waals surface area contributed by atoms with Crippen LogP contribution in [0.25, 0.3) is 0 Å². The standard InChI is InChI=1S/C12H21NO4/c1-4-6-12(16)17-10-9-13(2,3)8-5-7-11(14)15/h4,6H,5,7-10H2,1-3H3/p+1. The SMILES string of the molecule is CC=CC(=O)OCC[N+](C)(C)CCCC(=O)O. The maximum absolute atomic E-state index is 11.0. The molecule has 0 aromatic heterocycles. The number of rotatable bonds is 8. The molecular weight excluding hydrogens is 222 g/mol. The molecule has 5 heteroatoms. The van der Waals surface area contributed by atoms with Crippen molar-refractivity contribution in [3.63, 3.8) is 0 Å². The second-order valence-electron chi connectivity index (χ2n) is 4.55. The van der Waals surface area contributed by atoms with Crippen molar-refractivity contribution in [1.29, 1.82) is 0 Å². The molecule has 1 N–H and O–H groups in total. The second-order valence-corrected chi connectivity index (χ2v) is 4.55. The summed E-state index contributed by atoms with van der Waals surface area (Å²) >= 11 is 0. The van der Waals surface area contributed by atoms with E-state index < -0.39 is 5.97 Å². The predicted molar refractivity (Wildman–Crippen MR) is 64.5 cm³/mol. The van der Waals surface area contributed by atoms with Crippen LogP contribution in [-0.4, -0.2) is 55.3 Å². The highest BCUT2D eigenvalue weighted by Gasteiger charge is 2.15. The number of carboxylic acids is 1. The van der Waals surface area contributed by atoms with E-state index in [1.807, 2.05) is 14.1 Å². The number of hydrogen-bond acceptors (Lipinski definition) is 3. The number of aliphatic carboxylic acids is 1. The summed E-state index contributed by atoms with van der Waals surface area (Å²) in [6.45, 7) is 3.55. The van der Waals surface area contributed by atoms with E-state index in [1.54, 1.807) is 13.0 Å². The molecule has 17 heavy (non-hydrogen) atoms. The molecule has 0 saturated carbocycles. The lowest BCUT2D eigenvalue weighted by Crippen LogP contribution is -2.43. The first-order valence-corrected chi connectivity index (χ1v) is 5.70. The van der Waals surface area contributed by atoms with Crippen LogP contribution >= 0.6 is 0 Å². The molecule has 0 aliphatic rings. The fourth-order valence-electron chi connectivity index (χ4n) is 1.35. The van der Waals surface area contributed by atoms with Gasteiger partial charge in [0.25, 0.3) is 0 Å². The number of quaternary nitrogens is 1. The fourth-order valence-corrected chi connectivity index (χ4v) is 1.35. The van der Waals surface area contributed by atoms with E-state index in [4.69, 9.17) is 9.84 Å².